The average Bonchev–Trinajstić information content (AvgIpc) is 2.48. The summed E-state index contributed by atoms with van der Waals surface area (Å²) in [5.74, 6) is 0. The molecule has 0 aliphatic rings. The molecule has 96 valence electrons. The number of hydrogen-bond acceptors (Lipinski definition) is 2. The molecule has 0 saturated heterocycles. The fourth-order valence-electron chi connectivity index (χ4n) is 2.09. The van der Waals surface area contributed by atoms with Crippen LogP contribution >= 0.6 is 0 Å². The molecule has 0 aromatic heterocycles. The maximum Gasteiger partial charge on any atom is 0.104 e. The van der Waals surface area contributed by atoms with Crippen LogP contribution in [0.4, 0.5) is 0 Å². The summed E-state index contributed by atoms with van der Waals surface area (Å²) >= 11 is 0. The lowest BCUT2D eigenvalue weighted by Crippen LogP contribution is -1.99. The molecule has 2 heteroatoms. The van der Waals surface area contributed by atoms with Crippen LogP contribution in [-0.2, 0) is 6.42 Å². The third kappa shape index (κ3) is 3.21. The van der Waals surface area contributed by atoms with Gasteiger partial charge in [0.05, 0.1) is 11.6 Å². The lowest BCUT2D eigenvalue weighted by molar-refractivity contribution is 0.220. The zero-order valence-electron chi connectivity index (χ0n) is 11.0. The molecule has 0 saturated carbocycles. The van der Waals surface area contributed by atoms with Crippen LogP contribution < -0.4 is 0 Å². The molecule has 2 rings (SSSR count). The number of nitriles is 1. The first kappa shape index (κ1) is 13.3. The average molecular weight is 251 g/mol. The van der Waals surface area contributed by atoms with Crippen LogP contribution in [-0.4, -0.2) is 5.11 Å². The second-order valence-electron chi connectivity index (χ2n) is 4.63. The summed E-state index contributed by atoms with van der Waals surface area (Å²) in [5.41, 5.74) is 3.58. The van der Waals surface area contributed by atoms with Crippen LogP contribution in [0.25, 0.3) is 0 Å². The Morgan fingerprint density at radius 1 is 1.00 bits per heavy atom. The molecule has 0 spiro atoms. The van der Waals surface area contributed by atoms with E-state index < -0.39 is 6.10 Å². The number of aliphatic hydroxyl groups excluding tert-OH is 1. The zero-order chi connectivity index (χ0) is 13.7. The summed E-state index contributed by atoms with van der Waals surface area (Å²) in [7, 11) is 0. The highest BCUT2D eigenvalue weighted by atomic mass is 16.3. The Bertz CT molecular complexity index is 564. The molecule has 0 radical (unpaired) electrons. The fourth-order valence-corrected chi connectivity index (χ4v) is 2.09. The SMILES string of the molecule is CCCc1ccc(C(O)c2ccc(C#N)cc2)cc1. The van der Waals surface area contributed by atoms with E-state index in [1.165, 1.54) is 5.56 Å². The highest BCUT2D eigenvalue weighted by Crippen LogP contribution is 2.22. The Morgan fingerprint density at radius 2 is 1.53 bits per heavy atom. The Labute approximate surface area is 114 Å². The molecule has 0 aliphatic heterocycles. The summed E-state index contributed by atoms with van der Waals surface area (Å²) in [6.07, 6.45) is 1.55. The molecule has 2 aromatic carbocycles. The van der Waals surface area contributed by atoms with Gasteiger partial charge in [0.15, 0.2) is 0 Å². The molecule has 0 amide bonds. The van der Waals surface area contributed by atoms with Gasteiger partial charge in [-0.1, -0.05) is 49.7 Å². The van der Waals surface area contributed by atoms with Crippen molar-refractivity contribution < 1.29 is 5.11 Å². The number of nitrogens with zero attached hydrogens (tertiary/aromatic N) is 1. The molecule has 2 nitrogen and oxygen atoms in total. The first-order chi connectivity index (χ1) is 9.24. The van der Waals surface area contributed by atoms with Crippen molar-refractivity contribution in [2.45, 2.75) is 25.9 Å². The van der Waals surface area contributed by atoms with Crippen molar-refractivity contribution in [2.24, 2.45) is 0 Å². The van der Waals surface area contributed by atoms with Crippen LogP contribution in [0.5, 0.6) is 0 Å². The zero-order valence-corrected chi connectivity index (χ0v) is 11.0. The van der Waals surface area contributed by atoms with E-state index in [1.807, 2.05) is 12.1 Å². The van der Waals surface area contributed by atoms with E-state index >= 15 is 0 Å². The molecule has 0 heterocycles. The summed E-state index contributed by atoms with van der Waals surface area (Å²) < 4.78 is 0. The number of benzene rings is 2. The van der Waals surface area contributed by atoms with Gasteiger partial charge in [-0.15, -0.1) is 0 Å². The summed E-state index contributed by atoms with van der Waals surface area (Å²) in [5, 5.41) is 19.0. The van der Waals surface area contributed by atoms with Crippen molar-refractivity contribution in [1.29, 1.82) is 5.26 Å². The topological polar surface area (TPSA) is 44.0 Å². The van der Waals surface area contributed by atoms with Crippen LogP contribution in [0.2, 0.25) is 0 Å². The van der Waals surface area contributed by atoms with Crippen molar-refractivity contribution in [3.05, 3.63) is 70.8 Å². The second-order valence-corrected chi connectivity index (χ2v) is 4.63. The van der Waals surface area contributed by atoms with Gasteiger partial charge in [-0.25, -0.2) is 0 Å². The van der Waals surface area contributed by atoms with E-state index in [0.29, 0.717) is 5.56 Å². The minimum absolute atomic E-state index is 0.606. The fraction of sp³-hybridized carbons (Fsp3) is 0.235. The third-order valence-corrected chi connectivity index (χ3v) is 3.19. The van der Waals surface area contributed by atoms with E-state index in [4.69, 9.17) is 5.26 Å². The maximum atomic E-state index is 10.3. The number of aryl methyl sites for hydroxylation is 1. The molecule has 0 bridgehead atoms. The Balaban J connectivity index is 2.18. The minimum atomic E-state index is -0.636. The third-order valence-electron chi connectivity index (χ3n) is 3.19. The van der Waals surface area contributed by atoms with Gasteiger partial charge in [0.2, 0.25) is 0 Å². The second kappa shape index (κ2) is 6.17. The van der Waals surface area contributed by atoms with E-state index in [0.717, 1.165) is 24.0 Å². The van der Waals surface area contributed by atoms with Gasteiger partial charge in [0, 0.05) is 0 Å². The Kier molecular flexibility index (Phi) is 4.33. The summed E-state index contributed by atoms with van der Waals surface area (Å²) in [6.45, 7) is 2.15. The first-order valence-electron chi connectivity index (χ1n) is 6.51. The van der Waals surface area contributed by atoms with E-state index in [2.05, 4.69) is 25.1 Å². The molecule has 19 heavy (non-hydrogen) atoms. The van der Waals surface area contributed by atoms with E-state index in [9.17, 15) is 5.11 Å². The van der Waals surface area contributed by atoms with Gasteiger partial charge in [0.25, 0.3) is 0 Å². The predicted molar refractivity (Wildman–Crippen MR) is 75.7 cm³/mol. The van der Waals surface area contributed by atoms with Crippen molar-refractivity contribution in [2.75, 3.05) is 0 Å². The number of rotatable bonds is 4. The molecule has 0 fully saturated rings. The molecule has 1 atom stereocenters. The van der Waals surface area contributed by atoms with Gasteiger partial charge < -0.3 is 5.11 Å². The maximum absolute atomic E-state index is 10.3. The normalized spacial score (nSPS) is 11.8. The highest BCUT2D eigenvalue weighted by Gasteiger charge is 2.10. The first-order valence-corrected chi connectivity index (χ1v) is 6.51. The van der Waals surface area contributed by atoms with Crippen molar-refractivity contribution in [1.82, 2.24) is 0 Å². The van der Waals surface area contributed by atoms with Gasteiger partial charge >= 0.3 is 0 Å². The van der Waals surface area contributed by atoms with Gasteiger partial charge in [0.1, 0.15) is 6.10 Å². The molecule has 1 N–H and O–H groups in total. The van der Waals surface area contributed by atoms with Crippen LogP contribution in [0.15, 0.2) is 48.5 Å². The van der Waals surface area contributed by atoms with Gasteiger partial charge in [-0.05, 0) is 35.2 Å². The van der Waals surface area contributed by atoms with Gasteiger partial charge in [-0.2, -0.15) is 5.26 Å². The smallest absolute Gasteiger partial charge is 0.104 e. The van der Waals surface area contributed by atoms with Crippen molar-refractivity contribution >= 4 is 0 Å². The lowest BCUT2D eigenvalue weighted by atomic mass is 9.99. The molecule has 1 unspecified atom stereocenters. The van der Waals surface area contributed by atoms with Gasteiger partial charge in [-0.3, -0.25) is 0 Å². The molecular formula is C17H17NO. The molecule has 0 aliphatic carbocycles. The van der Waals surface area contributed by atoms with Crippen LogP contribution in [0.3, 0.4) is 0 Å². The Hall–Kier alpha value is -2.11. The summed E-state index contributed by atoms with van der Waals surface area (Å²) in [4.78, 5) is 0. The van der Waals surface area contributed by atoms with E-state index in [-0.39, 0.29) is 0 Å². The quantitative estimate of drug-likeness (QED) is 0.902. The minimum Gasteiger partial charge on any atom is -0.384 e. The lowest BCUT2D eigenvalue weighted by Gasteiger charge is -2.12. The van der Waals surface area contributed by atoms with E-state index in [1.54, 1.807) is 24.3 Å². The van der Waals surface area contributed by atoms with Crippen LogP contribution in [0.1, 0.15) is 41.7 Å². The Morgan fingerprint density at radius 3 is 2.00 bits per heavy atom. The summed E-state index contributed by atoms with van der Waals surface area (Å²) in [6, 6.07) is 17.2. The molecule has 2 aromatic rings. The number of hydrogen-bond donors (Lipinski definition) is 1. The molecular weight excluding hydrogens is 234 g/mol. The highest BCUT2D eigenvalue weighted by molar-refractivity contribution is 5.36. The largest absolute Gasteiger partial charge is 0.384 e. The standard InChI is InChI=1S/C17H17NO/c1-2-3-13-4-8-15(9-5-13)17(19)16-10-6-14(12-18)7-11-16/h4-11,17,19H,2-3H2,1H3. The monoisotopic (exact) mass is 251 g/mol. The van der Waals surface area contributed by atoms with Crippen molar-refractivity contribution in [3.63, 3.8) is 0 Å². The predicted octanol–water partition coefficient (Wildman–Crippen LogP) is 3.59. The van der Waals surface area contributed by atoms with Crippen molar-refractivity contribution in [3.8, 4) is 6.07 Å². The number of aliphatic hydroxyl groups is 1. The van der Waals surface area contributed by atoms with Crippen LogP contribution in [0, 0.1) is 11.3 Å².